The molecule has 0 nitrogen and oxygen atoms in total. The van der Waals surface area contributed by atoms with Crippen LogP contribution in [0.1, 0.15) is 138 Å². The summed E-state index contributed by atoms with van der Waals surface area (Å²) in [5, 5.41) is 0. The van der Waals surface area contributed by atoms with Gasteiger partial charge >= 0.3 is 83.7 Å². The average molecular weight is 967 g/mol. The molecule has 0 amide bonds. The molecule has 54 heavy (non-hydrogen) atoms. The summed E-state index contributed by atoms with van der Waals surface area (Å²) < 4.78 is 0. The van der Waals surface area contributed by atoms with Gasteiger partial charge in [-0.25, -0.2) is 22.3 Å². The second-order valence-electron chi connectivity index (χ2n) is 19.6. The molecule has 0 aromatic rings. The first-order valence-electron chi connectivity index (χ1n) is 19.5. The summed E-state index contributed by atoms with van der Waals surface area (Å²) in [5.74, 6) is 2.07. The summed E-state index contributed by atoms with van der Waals surface area (Å²) in [6.07, 6.45) is 22.8. The summed E-state index contributed by atoms with van der Waals surface area (Å²) in [7, 11) is 0. The smallest absolute Gasteiger partial charge is 1.00 e. The maximum absolute atomic E-state index is 3.40. The summed E-state index contributed by atoms with van der Waals surface area (Å²) in [6.45, 7) is 53.6. The molecular formula is C48H80Cl2Si2Zr2-2. The molecule has 0 spiro atoms. The van der Waals surface area contributed by atoms with E-state index in [-0.39, 0.29) is 35.7 Å². The van der Waals surface area contributed by atoms with Crippen molar-refractivity contribution in [2.45, 2.75) is 165 Å². The average Bonchev–Trinajstić information content (AvgIpc) is 3.63. The molecule has 6 heteroatoms. The predicted octanol–water partition coefficient (Wildman–Crippen LogP) is 9.01. The summed E-state index contributed by atoms with van der Waals surface area (Å²) in [6, 6.07) is 0. The van der Waals surface area contributed by atoms with E-state index in [0.29, 0.717) is 45.3 Å². The van der Waals surface area contributed by atoms with Crippen molar-refractivity contribution in [3.05, 3.63) is 93.2 Å². The Kier molecular flexibility index (Phi) is 30.4. The number of hydrogen-bond acceptors (Lipinski definition) is 0. The normalized spacial score (nSPS) is 21.4. The largest absolute Gasteiger partial charge is 1.00 e. The van der Waals surface area contributed by atoms with E-state index in [1.807, 2.05) is 0 Å². The third-order valence-electron chi connectivity index (χ3n) is 8.29. The first-order valence-corrected chi connectivity index (χ1v) is 31.8. The fraction of sp³-hybridized carbons (Fsp3) is 0.667. The molecule has 4 aliphatic carbocycles. The van der Waals surface area contributed by atoms with Gasteiger partial charge in [0.15, 0.2) is 0 Å². The molecule has 0 aromatic heterocycles. The zero-order valence-electron chi connectivity index (χ0n) is 39.4. The van der Waals surface area contributed by atoms with Crippen molar-refractivity contribution in [2.75, 3.05) is 0 Å². The van der Waals surface area contributed by atoms with Gasteiger partial charge in [-0.05, 0) is 0 Å². The van der Waals surface area contributed by atoms with E-state index >= 15 is 0 Å². The molecule has 4 unspecified atom stereocenters. The number of hydrogen-bond donors (Lipinski definition) is 0. The van der Waals surface area contributed by atoms with E-state index < -0.39 is 0 Å². The van der Waals surface area contributed by atoms with Crippen LogP contribution in [0.5, 0.6) is 0 Å². The van der Waals surface area contributed by atoms with Crippen molar-refractivity contribution >= 4 is 10.9 Å². The van der Waals surface area contributed by atoms with Crippen molar-refractivity contribution in [1.82, 2.24) is 0 Å². The van der Waals surface area contributed by atoms with Gasteiger partial charge in [0, 0.05) is 0 Å². The summed E-state index contributed by atoms with van der Waals surface area (Å²) >= 11 is 3.48. The first kappa shape index (κ1) is 61.4. The van der Waals surface area contributed by atoms with Gasteiger partial charge in [0.25, 0.3) is 0 Å². The van der Waals surface area contributed by atoms with Gasteiger partial charge < -0.3 is 24.8 Å². The van der Waals surface area contributed by atoms with E-state index in [2.05, 4.69) is 213 Å². The van der Waals surface area contributed by atoms with Crippen molar-refractivity contribution in [1.29, 1.82) is 0 Å². The molecule has 0 bridgehead atoms. The number of allylic oxidation sites excluding steroid dienone is 16. The zero-order chi connectivity index (χ0) is 41.7. The summed E-state index contributed by atoms with van der Waals surface area (Å²) in [4.78, 5) is 0. The van der Waals surface area contributed by atoms with E-state index in [1.54, 1.807) is 46.7 Å². The fourth-order valence-electron chi connectivity index (χ4n) is 6.59. The van der Waals surface area contributed by atoms with Gasteiger partial charge in [0.2, 0.25) is 0 Å². The zero-order valence-corrected chi connectivity index (χ0v) is 47.8. The van der Waals surface area contributed by atoms with Crippen molar-refractivity contribution in [3.63, 3.8) is 0 Å². The Hall–Kier alpha value is 0.700. The molecule has 0 saturated heterocycles. The minimum atomic E-state index is 0. The Bertz CT molecular complexity index is 1250. The molecular weight excluding hydrogens is 886 g/mol. The van der Waals surface area contributed by atoms with Gasteiger partial charge in [-0.15, -0.1) is 0 Å². The van der Waals surface area contributed by atoms with Crippen molar-refractivity contribution in [2.24, 2.45) is 45.3 Å². The van der Waals surface area contributed by atoms with Crippen LogP contribution in [0.3, 0.4) is 0 Å². The second-order valence-corrected chi connectivity index (χ2v) is 38.3. The summed E-state index contributed by atoms with van der Waals surface area (Å²) in [5.41, 5.74) is 12.8. The SMILES string of the molecule is CC1=[C-]C(C)C=C1C(C)(C)C.CC1=[C-]C(C)C=C1C(C)(C)C.CC1=[C-]C(C)C=C1C(C)(C)C.CC1=[C-]C(C)C=C1C(C)(C)C.C[Si](C)=[Zr+2].C[Si](C)=[Zr+2].[Cl-].[Cl-]. The Morgan fingerprint density at radius 3 is 0.537 bits per heavy atom. The molecule has 4 atom stereocenters. The van der Waals surface area contributed by atoms with Crippen molar-refractivity contribution < 1.29 is 71.5 Å². The van der Waals surface area contributed by atoms with Crippen LogP contribution in [-0.2, 0) is 46.7 Å². The minimum absolute atomic E-state index is 0. The monoisotopic (exact) mass is 962 g/mol. The quantitative estimate of drug-likeness (QED) is 0.168. The Balaban J connectivity index is -0.000000286. The van der Waals surface area contributed by atoms with E-state index in [9.17, 15) is 0 Å². The standard InChI is InChI=1S/4C11H17.2C2H6Si.2ClH.2Zr/c4*1-8-6-9(2)10(7-8)11(3,4)5;2*1-3-2;;;;/h4*7-8H,1-5H3;2*1-2H3;2*1H;;/q4*-1;;;;;2*+2/p-2. The molecule has 0 N–H and O–H groups in total. The number of rotatable bonds is 0. The van der Waals surface area contributed by atoms with Crippen LogP contribution < -0.4 is 24.8 Å². The maximum atomic E-state index is 3.40. The third-order valence-corrected chi connectivity index (χ3v) is 8.29. The van der Waals surface area contributed by atoms with Crippen LogP contribution in [0, 0.1) is 69.6 Å². The predicted molar refractivity (Wildman–Crippen MR) is 231 cm³/mol. The molecule has 4 aliphatic rings. The van der Waals surface area contributed by atoms with Crippen LogP contribution in [0.15, 0.2) is 68.9 Å². The van der Waals surface area contributed by atoms with Crippen molar-refractivity contribution in [3.8, 4) is 0 Å². The van der Waals surface area contributed by atoms with Gasteiger partial charge in [-0.3, -0.25) is 24.3 Å². The molecule has 0 heterocycles. The van der Waals surface area contributed by atoms with Gasteiger partial charge in [0.1, 0.15) is 0 Å². The molecule has 0 aliphatic heterocycles. The second kappa shape index (κ2) is 26.7. The van der Waals surface area contributed by atoms with E-state index in [1.165, 1.54) is 44.6 Å². The van der Waals surface area contributed by atoms with E-state index in [0.717, 1.165) is 0 Å². The van der Waals surface area contributed by atoms with Crippen LogP contribution in [0.4, 0.5) is 0 Å². The van der Waals surface area contributed by atoms with Crippen LogP contribution in [-0.4, -0.2) is 10.9 Å². The third kappa shape index (κ3) is 26.7. The fourth-order valence-corrected chi connectivity index (χ4v) is 6.59. The topological polar surface area (TPSA) is 0 Å². The molecule has 4 rings (SSSR count). The Morgan fingerprint density at radius 2 is 0.500 bits per heavy atom. The molecule has 304 valence electrons. The Labute approximate surface area is 381 Å². The molecule has 0 fully saturated rings. The van der Waals surface area contributed by atoms with Crippen LogP contribution in [0.25, 0.3) is 0 Å². The minimum Gasteiger partial charge on any atom is -1.00 e. The molecule has 0 aromatic carbocycles. The molecule has 0 radical (unpaired) electrons. The first-order chi connectivity index (χ1) is 23.1. The molecule has 0 saturated carbocycles. The van der Waals surface area contributed by atoms with Crippen LogP contribution in [0.2, 0.25) is 26.2 Å². The maximum Gasteiger partial charge on any atom is -1.00 e. The van der Waals surface area contributed by atoms with Gasteiger partial charge in [-0.2, -0.15) is 46.6 Å². The van der Waals surface area contributed by atoms with Crippen LogP contribution >= 0.6 is 0 Å². The van der Waals surface area contributed by atoms with Gasteiger partial charge in [0.05, 0.1) is 0 Å². The number of halogens is 2. The van der Waals surface area contributed by atoms with E-state index in [4.69, 9.17) is 0 Å². The Morgan fingerprint density at radius 1 is 0.389 bits per heavy atom. The van der Waals surface area contributed by atoms with Gasteiger partial charge in [-0.1, -0.05) is 184 Å².